The van der Waals surface area contributed by atoms with Crippen molar-refractivity contribution in [2.75, 3.05) is 11.5 Å². The van der Waals surface area contributed by atoms with Crippen LogP contribution >= 0.6 is 46.2 Å². The molecule has 4 nitrogen and oxygen atoms in total. The van der Waals surface area contributed by atoms with Gasteiger partial charge in [-0.05, 0) is 24.1 Å². The lowest BCUT2D eigenvalue weighted by atomic mass is 10.3. The number of nitrogens with one attached hydrogen (secondary N) is 1. The third-order valence-electron chi connectivity index (χ3n) is 2.33. The molecule has 0 aliphatic heterocycles. The standard InChI is InChI=1S/C12H15N3OS4/c1-3-17-11-14-15-12(20-11)19-7-10(16)13-8(2)9-5-4-6-18-9/h4-6,8H,3,7H2,1-2H3,(H,13,16)/t8-/m0/s1. The Bertz CT molecular complexity index is 541. The number of carbonyl (C=O) groups is 1. The number of rotatable bonds is 7. The highest BCUT2D eigenvalue weighted by Gasteiger charge is 2.12. The quantitative estimate of drug-likeness (QED) is 0.776. The summed E-state index contributed by atoms with van der Waals surface area (Å²) in [6.07, 6.45) is 0. The second-order valence-corrected chi connectivity index (χ2v) is 8.55. The molecule has 2 aromatic rings. The predicted octanol–water partition coefficient (Wildman–Crippen LogP) is 3.68. The third kappa shape index (κ3) is 4.76. The lowest BCUT2D eigenvalue weighted by molar-refractivity contribution is -0.119. The molecule has 20 heavy (non-hydrogen) atoms. The van der Waals surface area contributed by atoms with E-state index in [0.29, 0.717) is 5.75 Å². The summed E-state index contributed by atoms with van der Waals surface area (Å²) < 4.78 is 1.81. The van der Waals surface area contributed by atoms with Crippen molar-refractivity contribution in [1.29, 1.82) is 0 Å². The van der Waals surface area contributed by atoms with E-state index >= 15 is 0 Å². The molecule has 0 unspecified atom stereocenters. The molecule has 1 amide bonds. The third-order valence-corrected chi connectivity index (χ3v) is 6.46. The highest BCUT2D eigenvalue weighted by atomic mass is 32.2. The van der Waals surface area contributed by atoms with Crippen molar-refractivity contribution in [2.45, 2.75) is 28.6 Å². The van der Waals surface area contributed by atoms with Gasteiger partial charge in [0.2, 0.25) is 5.91 Å². The van der Waals surface area contributed by atoms with E-state index < -0.39 is 0 Å². The van der Waals surface area contributed by atoms with Gasteiger partial charge in [0, 0.05) is 4.88 Å². The maximum Gasteiger partial charge on any atom is 0.230 e. The number of thioether (sulfide) groups is 2. The van der Waals surface area contributed by atoms with Gasteiger partial charge < -0.3 is 5.32 Å². The van der Waals surface area contributed by atoms with Crippen LogP contribution in [0.3, 0.4) is 0 Å². The Hall–Kier alpha value is -0.570. The normalized spacial score (nSPS) is 12.3. The Kier molecular flexibility index (Phi) is 6.34. The van der Waals surface area contributed by atoms with Gasteiger partial charge >= 0.3 is 0 Å². The van der Waals surface area contributed by atoms with Crippen LogP contribution in [0.4, 0.5) is 0 Å². The average molecular weight is 346 g/mol. The summed E-state index contributed by atoms with van der Waals surface area (Å²) in [5.41, 5.74) is 0. The van der Waals surface area contributed by atoms with Gasteiger partial charge in [0.15, 0.2) is 8.68 Å². The van der Waals surface area contributed by atoms with E-state index in [-0.39, 0.29) is 11.9 Å². The fourth-order valence-electron chi connectivity index (χ4n) is 1.46. The van der Waals surface area contributed by atoms with E-state index in [1.54, 1.807) is 34.4 Å². The van der Waals surface area contributed by atoms with Crippen molar-refractivity contribution < 1.29 is 4.79 Å². The molecule has 2 rings (SSSR count). The van der Waals surface area contributed by atoms with Crippen molar-refractivity contribution in [3.8, 4) is 0 Å². The van der Waals surface area contributed by atoms with Crippen LogP contribution in [0.1, 0.15) is 24.8 Å². The fraction of sp³-hybridized carbons (Fsp3) is 0.417. The highest BCUT2D eigenvalue weighted by molar-refractivity contribution is 8.03. The largest absolute Gasteiger partial charge is 0.348 e. The van der Waals surface area contributed by atoms with E-state index in [2.05, 4.69) is 22.4 Å². The zero-order valence-corrected chi connectivity index (χ0v) is 14.4. The summed E-state index contributed by atoms with van der Waals surface area (Å²) in [6, 6.07) is 4.08. The summed E-state index contributed by atoms with van der Waals surface area (Å²) in [5, 5.41) is 13.1. The van der Waals surface area contributed by atoms with Gasteiger partial charge in [-0.3, -0.25) is 4.79 Å². The molecule has 2 aromatic heterocycles. The van der Waals surface area contributed by atoms with E-state index in [1.807, 2.05) is 24.4 Å². The van der Waals surface area contributed by atoms with Gasteiger partial charge in [0.25, 0.3) is 0 Å². The van der Waals surface area contributed by atoms with Gasteiger partial charge in [-0.2, -0.15) is 0 Å². The predicted molar refractivity (Wildman–Crippen MR) is 87.9 cm³/mol. The summed E-state index contributed by atoms with van der Waals surface area (Å²) >= 11 is 6.30. The number of hydrogen-bond acceptors (Lipinski definition) is 7. The van der Waals surface area contributed by atoms with Crippen molar-refractivity contribution in [2.24, 2.45) is 0 Å². The van der Waals surface area contributed by atoms with Gasteiger partial charge in [0.05, 0.1) is 11.8 Å². The first-order valence-electron chi connectivity index (χ1n) is 6.11. The van der Waals surface area contributed by atoms with E-state index in [4.69, 9.17) is 0 Å². The summed E-state index contributed by atoms with van der Waals surface area (Å²) in [7, 11) is 0. The SMILES string of the molecule is CCSc1nnc(SCC(=O)N[C@@H](C)c2cccs2)s1. The maximum absolute atomic E-state index is 11.9. The zero-order chi connectivity index (χ0) is 14.4. The minimum Gasteiger partial charge on any atom is -0.348 e. The molecular formula is C12H15N3OS4. The summed E-state index contributed by atoms with van der Waals surface area (Å²) in [6.45, 7) is 4.08. The summed E-state index contributed by atoms with van der Waals surface area (Å²) in [4.78, 5) is 13.0. The maximum atomic E-state index is 11.9. The van der Waals surface area contributed by atoms with Gasteiger partial charge in [-0.25, -0.2) is 0 Å². The summed E-state index contributed by atoms with van der Waals surface area (Å²) in [5.74, 6) is 1.38. The zero-order valence-electron chi connectivity index (χ0n) is 11.2. The van der Waals surface area contributed by atoms with Crippen LogP contribution < -0.4 is 5.32 Å². The van der Waals surface area contributed by atoms with Crippen LogP contribution in [0.15, 0.2) is 26.2 Å². The van der Waals surface area contributed by atoms with Crippen molar-refractivity contribution >= 4 is 52.1 Å². The second-order valence-electron chi connectivity index (χ2n) is 3.86. The van der Waals surface area contributed by atoms with E-state index in [9.17, 15) is 4.79 Å². The van der Waals surface area contributed by atoms with Crippen LogP contribution in [0, 0.1) is 0 Å². The number of carbonyl (C=O) groups excluding carboxylic acids is 1. The number of aromatic nitrogens is 2. The van der Waals surface area contributed by atoms with Crippen molar-refractivity contribution in [3.63, 3.8) is 0 Å². The second kappa shape index (κ2) is 8.02. The van der Waals surface area contributed by atoms with E-state index in [0.717, 1.165) is 14.4 Å². The molecule has 1 N–H and O–H groups in total. The minimum absolute atomic E-state index is 0.0239. The average Bonchev–Trinajstić information content (AvgIpc) is 3.08. The smallest absolute Gasteiger partial charge is 0.230 e. The first-order chi connectivity index (χ1) is 9.69. The van der Waals surface area contributed by atoms with Crippen LogP contribution in [0.25, 0.3) is 0 Å². The van der Waals surface area contributed by atoms with E-state index in [1.165, 1.54) is 16.6 Å². The first-order valence-corrected chi connectivity index (χ1v) is 9.77. The molecule has 0 bridgehead atoms. The van der Waals surface area contributed by atoms with Gasteiger partial charge in [-0.15, -0.1) is 21.5 Å². The number of nitrogens with zero attached hydrogens (tertiary/aromatic N) is 2. The minimum atomic E-state index is 0.0239. The number of thiophene rings is 1. The monoisotopic (exact) mass is 345 g/mol. The van der Waals surface area contributed by atoms with Crippen LogP contribution in [-0.4, -0.2) is 27.6 Å². The molecule has 0 saturated carbocycles. The molecule has 0 aliphatic carbocycles. The molecular weight excluding hydrogens is 330 g/mol. The van der Waals surface area contributed by atoms with Crippen molar-refractivity contribution in [1.82, 2.24) is 15.5 Å². The number of amides is 1. The Morgan fingerprint density at radius 3 is 2.80 bits per heavy atom. The molecule has 0 fully saturated rings. The van der Waals surface area contributed by atoms with Crippen molar-refractivity contribution in [3.05, 3.63) is 22.4 Å². The topological polar surface area (TPSA) is 54.9 Å². The van der Waals surface area contributed by atoms with Gasteiger partial charge in [0.1, 0.15) is 0 Å². The van der Waals surface area contributed by atoms with Crippen LogP contribution in [0.5, 0.6) is 0 Å². The lowest BCUT2D eigenvalue weighted by Crippen LogP contribution is -2.27. The molecule has 0 radical (unpaired) electrons. The molecule has 2 heterocycles. The highest BCUT2D eigenvalue weighted by Crippen LogP contribution is 2.28. The molecule has 1 atom stereocenters. The van der Waals surface area contributed by atoms with Crippen LogP contribution in [0.2, 0.25) is 0 Å². The van der Waals surface area contributed by atoms with Gasteiger partial charge in [-0.1, -0.05) is 47.9 Å². The molecule has 108 valence electrons. The Morgan fingerprint density at radius 2 is 2.15 bits per heavy atom. The Morgan fingerprint density at radius 1 is 1.40 bits per heavy atom. The first kappa shape index (κ1) is 15.8. The molecule has 0 spiro atoms. The molecule has 0 saturated heterocycles. The van der Waals surface area contributed by atoms with Crippen LogP contribution in [-0.2, 0) is 4.79 Å². The molecule has 0 aromatic carbocycles. The Labute approximate surface area is 134 Å². The molecule has 0 aliphatic rings. The Balaban J connectivity index is 1.77. The molecule has 8 heteroatoms. The number of hydrogen-bond donors (Lipinski definition) is 1. The fourth-order valence-corrected chi connectivity index (χ4v) is 4.92. The lowest BCUT2D eigenvalue weighted by Gasteiger charge is -2.11.